The maximum Gasteiger partial charge on any atom is 0.433 e. The van der Waals surface area contributed by atoms with Gasteiger partial charge in [0.2, 0.25) is 0 Å². The van der Waals surface area contributed by atoms with Crippen LogP contribution in [0.1, 0.15) is 29.2 Å². The summed E-state index contributed by atoms with van der Waals surface area (Å²) in [5.41, 5.74) is 1.41. The number of hydrogen-bond donors (Lipinski definition) is 1. The molecule has 2 fully saturated rings. The summed E-state index contributed by atoms with van der Waals surface area (Å²) in [7, 11) is 1.88. The molecule has 6 rings (SSSR count). The first-order chi connectivity index (χ1) is 17.7. The van der Waals surface area contributed by atoms with E-state index in [2.05, 4.69) is 25.4 Å². The second-order valence-electron chi connectivity index (χ2n) is 9.96. The number of hydrogen-bond acceptors (Lipinski definition) is 6. The van der Waals surface area contributed by atoms with Crippen molar-refractivity contribution < 1.29 is 22.3 Å². The quantitative estimate of drug-likeness (QED) is 0.393. The van der Waals surface area contributed by atoms with E-state index >= 15 is 0 Å². The van der Waals surface area contributed by atoms with Gasteiger partial charge in [0, 0.05) is 49.5 Å². The summed E-state index contributed by atoms with van der Waals surface area (Å²) in [6, 6.07) is 8.69. The Balaban J connectivity index is 1.40. The summed E-state index contributed by atoms with van der Waals surface area (Å²) < 4.78 is 62.6. The van der Waals surface area contributed by atoms with Crippen molar-refractivity contribution in [1.82, 2.24) is 34.8 Å². The Kier molecular flexibility index (Phi) is 5.75. The van der Waals surface area contributed by atoms with Gasteiger partial charge >= 0.3 is 6.18 Å². The van der Waals surface area contributed by atoms with Crippen LogP contribution in [0.15, 0.2) is 36.7 Å². The van der Waals surface area contributed by atoms with E-state index in [1.165, 1.54) is 0 Å². The highest BCUT2D eigenvalue weighted by Crippen LogP contribution is 2.39. The highest BCUT2D eigenvalue weighted by molar-refractivity contribution is 5.94. The Morgan fingerprint density at radius 1 is 1.22 bits per heavy atom. The number of nitrogens with one attached hydrogen (secondary N) is 1. The molecule has 2 aliphatic heterocycles. The number of aromatic amines is 1. The van der Waals surface area contributed by atoms with Gasteiger partial charge in [0.25, 0.3) is 0 Å². The van der Waals surface area contributed by atoms with E-state index in [0.717, 1.165) is 17.5 Å². The Morgan fingerprint density at radius 2 is 2.05 bits per heavy atom. The number of halogens is 4. The number of rotatable bonds is 6. The minimum Gasteiger partial charge on any atom is -0.379 e. The lowest BCUT2D eigenvalue weighted by Crippen LogP contribution is -2.49. The molecule has 0 unspecified atom stereocenters. The molecule has 0 amide bonds. The van der Waals surface area contributed by atoms with Crippen molar-refractivity contribution in [2.24, 2.45) is 7.05 Å². The molecule has 0 aliphatic carbocycles. The molecule has 1 N–H and O–H groups in total. The molecular weight excluding hydrogens is 490 g/mol. The van der Waals surface area contributed by atoms with Crippen molar-refractivity contribution in [1.29, 1.82) is 0 Å². The van der Waals surface area contributed by atoms with Crippen molar-refractivity contribution in [3.05, 3.63) is 59.4 Å². The molecular formula is C25H25F4N7O. The van der Waals surface area contributed by atoms with Gasteiger partial charge < -0.3 is 9.30 Å². The zero-order valence-electron chi connectivity index (χ0n) is 20.1. The number of fused-ring (bicyclic) bond motifs is 1. The SMILES string of the molecule is Cn1cnnc1CC1(c2cccc(-c3n[nH]c4c(CN5CC[C@@H](F)C5)nc(C(F)(F)F)cc34)c2)COC1. The van der Waals surface area contributed by atoms with Crippen molar-refractivity contribution in [2.75, 3.05) is 26.3 Å². The monoisotopic (exact) mass is 515 g/mol. The Hall–Kier alpha value is -3.38. The molecule has 12 heteroatoms. The molecule has 0 radical (unpaired) electrons. The second-order valence-corrected chi connectivity index (χ2v) is 9.96. The summed E-state index contributed by atoms with van der Waals surface area (Å²) in [6.45, 7) is 1.77. The molecule has 8 nitrogen and oxygen atoms in total. The number of pyridine rings is 1. The van der Waals surface area contributed by atoms with E-state index in [9.17, 15) is 17.6 Å². The Labute approximate surface area is 209 Å². The molecule has 0 saturated carbocycles. The van der Waals surface area contributed by atoms with Crippen molar-refractivity contribution >= 4 is 10.9 Å². The van der Waals surface area contributed by atoms with Crippen LogP contribution in [0.4, 0.5) is 17.6 Å². The minimum absolute atomic E-state index is 0.112. The van der Waals surface area contributed by atoms with E-state index in [0.29, 0.717) is 54.8 Å². The van der Waals surface area contributed by atoms with Crippen molar-refractivity contribution in [3.8, 4) is 11.3 Å². The molecule has 5 heterocycles. The molecule has 0 spiro atoms. The number of alkyl halides is 4. The standard InChI is InChI=1S/C25H25F4N7O/c1-35-14-30-32-21(35)9-24(12-37-13-24)16-4-2-3-15(7-16)22-18-8-20(25(27,28)29)31-19(23(18)34-33-22)11-36-6-5-17(26)10-36/h2-4,7-8,14,17H,5-6,9-13H2,1H3,(H,33,34)/t17-/m1/s1. The third kappa shape index (κ3) is 4.37. The van der Waals surface area contributed by atoms with Gasteiger partial charge in [0.05, 0.1) is 24.4 Å². The molecule has 194 valence electrons. The average molecular weight is 516 g/mol. The van der Waals surface area contributed by atoms with Crippen molar-refractivity contribution in [2.45, 2.75) is 37.1 Å². The smallest absolute Gasteiger partial charge is 0.379 e. The lowest BCUT2D eigenvalue weighted by molar-refractivity contribution is -0.141. The number of nitrogens with zero attached hydrogens (tertiary/aromatic N) is 6. The van der Waals surface area contributed by atoms with Gasteiger partial charge in [-0.2, -0.15) is 18.3 Å². The molecule has 1 aromatic carbocycles. The van der Waals surface area contributed by atoms with E-state index in [4.69, 9.17) is 4.74 Å². The Bertz CT molecular complexity index is 1440. The van der Waals surface area contributed by atoms with Crippen LogP contribution in [0.5, 0.6) is 0 Å². The third-order valence-corrected chi connectivity index (χ3v) is 7.31. The molecule has 2 aliphatic rings. The van der Waals surface area contributed by atoms with Crippen LogP contribution >= 0.6 is 0 Å². The largest absolute Gasteiger partial charge is 0.433 e. The molecule has 2 saturated heterocycles. The van der Waals surface area contributed by atoms with E-state index < -0.39 is 18.0 Å². The third-order valence-electron chi connectivity index (χ3n) is 7.31. The number of ether oxygens (including phenoxy) is 1. The zero-order chi connectivity index (χ0) is 25.8. The van der Waals surface area contributed by atoms with Gasteiger partial charge in [-0.3, -0.25) is 10.00 Å². The number of likely N-dealkylation sites (tertiary alicyclic amines) is 1. The normalized spacial score (nSPS) is 20.0. The fraction of sp³-hybridized carbons (Fsp3) is 0.440. The second kappa shape index (κ2) is 8.88. The highest BCUT2D eigenvalue weighted by Gasteiger charge is 2.42. The summed E-state index contributed by atoms with van der Waals surface area (Å²) in [4.78, 5) is 5.68. The predicted molar refractivity (Wildman–Crippen MR) is 126 cm³/mol. The van der Waals surface area contributed by atoms with Crippen LogP contribution in [0, 0.1) is 0 Å². The summed E-state index contributed by atoms with van der Waals surface area (Å²) in [5, 5.41) is 15.8. The highest BCUT2D eigenvalue weighted by atomic mass is 19.4. The summed E-state index contributed by atoms with van der Waals surface area (Å²) >= 11 is 0. The summed E-state index contributed by atoms with van der Waals surface area (Å²) in [6.07, 6.45) is -2.98. The summed E-state index contributed by atoms with van der Waals surface area (Å²) in [5.74, 6) is 0.821. The van der Waals surface area contributed by atoms with Gasteiger partial charge in [-0.1, -0.05) is 18.2 Å². The van der Waals surface area contributed by atoms with Gasteiger partial charge in [0.1, 0.15) is 29.7 Å². The minimum atomic E-state index is -4.63. The lowest BCUT2D eigenvalue weighted by Gasteiger charge is -2.41. The first-order valence-corrected chi connectivity index (χ1v) is 12.0. The number of aryl methyl sites for hydroxylation is 1. The molecule has 3 aromatic heterocycles. The maximum atomic E-state index is 13.8. The first kappa shape index (κ1) is 24.0. The van der Waals surface area contributed by atoms with Crippen LogP contribution in [0.25, 0.3) is 22.2 Å². The fourth-order valence-electron chi connectivity index (χ4n) is 5.19. The average Bonchev–Trinajstić information content (AvgIpc) is 3.56. The topological polar surface area (TPSA) is 84.8 Å². The van der Waals surface area contributed by atoms with Gasteiger partial charge in [0.15, 0.2) is 0 Å². The number of aromatic nitrogens is 6. The van der Waals surface area contributed by atoms with Crippen LogP contribution in [0.3, 0.4) is 0 Å². The van der Waals surface area contributed by atoms with E-state index in [-0.39, 0.29) is 24.2 Å². The van der Waals surface area contributed by atoms with Crippen molar-refractivity contribution in [3.63, 3.8) is 0 Å². The van der Waals surface area contributed by atoms with Crippen LogP contribution in [-0.4, -0.2) is 67.3 Å². The van der Waals surface area contributed by atoms with E-state index in [1.807, 2.05) is 35.9 Å². The molecule has 0 bridgehead atoms. The lowest BCUT2D eigenvalue weighted by atomic mass is 9.75. The van der Waals surface area contributed by atoms with Gasteiger partial charge in [-0.05, 0) is 24.1 Å². The maximum absolute atomic E-state index is 13.8. The predicted octanol–water partition coefficient (Wildman–Crippen LogP) is 3.83. The Morgan fingerprint density at radius 3 is 2.70 bits per heavy atom. The van der Waals surface area contributed by atoms with Crippen LogP contribution in [-0.2, 0) is 36.3 Å². The number of H-pyrrole nitrogens is 1. The van der Waals surface area contributed by atoms with Gasteiger partial charge in [-0.15, -0.1) is 10.2 Å². The number of benzene rings is 1. The first-order valence-electron chi connectivity index (χ1n) is 12.0. The molecule has 1 atom stereocenters. The fourth-order valence-corrected chi connectivity index (χ4v) is 5.19. The van der Waals surface area contributed by atoms with Crippen LogP contribution < -0.4 is 0 Å². The zero-order valence-corrected chi connectivity index (χ0v) is 20.1. The van der Waals surface area contributed by atoms with Crippen LogP contribution in [0.2, 0.25) is 0 Å². The molecule has 4 aromatic rings. The van der Waals surface area contributed by atoms with E-state index in [1.54, 1.807) is 11.2 Å². The molecule has 37 heavy (non-hydrogen) atoms. The van der Waals surface area contributed by atoms with Gasteiger partial charge in [-0.25, -0.2) is 9.37 Å².